The SMILES string of the molecule is O=C1CCC(CNCc2ccc(O)cc2)N1. The van der Waals surface area contributed by atoms with Crippen molar-refractivity contribution >= 4 is 5.91 Å². The lowest BCUT2D eigenvalue weighted by Gasteiger charge is -2.11. The average molecular weight is 220 g/mol. The molecule has 16 heavy (non-hydrogen) atoms. The van der Waals surface area contributed by atoms with Crippen LogP contribution in [0.5, 0.6) is 5.75 Å². The highest BCUT2D eigenvalue weighted by atomic mass is 16.3. The summed E-state index contributed by atoms with van der Waals surface area (Å²) >= 11 is 0. The van der Waals surface area contributed by atoms with Crippen molar-refractivity contribution in [2.45, 2.75) is 25.4 Å². The maximum Gasteiger partial charge on any atom is 0.220 e. The highest BCUT2D eigenvalue weighted by Crippen LogP contribution is 2.09. The fourth-order valence-corrected chi connectivity index (χ4v) is 1.83. The zero-order valence-corrected chi connectivity index (χ0v) is 9.07. The maximum absolute atomic E-state index is 11.0. The molecule has 1 aliphatic heterocycles. The van der Waals surface area contributed by atoms with Crippen molar-refractivity contribution in [3.63, 3.8) is 0 Å². The van der Waals surface area contributed by atoms with E-state index in [0.29, 0.717) is 6.42 Å². The topological polar surface area (TPSA) is 61.4 Å². The van der Waals surface area contributed by atoms with Crippen LogP contribution in [0.2, 0.25) is 0 Å². The number of rotatable bonds is 4. The van der Waals surface area contributed by atoms with Crippen molar-refractivity contribution in [2.24, 2.45) is 0 Å². The number of nitrogens with one attached hydrogen (secondary N) is 2. The smallest absolute Gasteiger partial charge is 0.220 e. The molecule has 4 nitrogen and oxygen atoms in total. The number of carbonyl (C=O) groups excluding carboxylic acids is 1. The van der Waals surface area contributed by atoms with Gasteiger partial charge in [0.05, 0.1) is 0 Å². The normalized spacial score (nSPS) is 19.8. The van der Waals surface area contributed by atoms with Crippen LogP contribution in [-0.4, -0.2) is 23.6 Å². The van der Waals surface area contributed by atoms with Gasteiger partial charge < -0.3 is 15.7 Å². The Bertz CT molecular complexity index is 362. The van der Waals surface area contributed by atoms with Gasteiger partial charge in [0, 0.05) is 25.6 Å². The molecule has 1 aromatic carbocycles. The molecule has 86 valence electrons. The van der Waals surface area contributed by atoms with Crippen molar-refractivity contribution in [1.29, 1.82) is 0 Å². The van der Waals surface area contributed by atoms with E-state index in [1.165, 1.54) is 0 Å². The fraction of sp³-hybridized carbons (Fsp3) is 0.417. The predicted molar refractivity (Wildman–Crippen MR) is 61.0 cm³/mol. The standard InChI is InChI=1S/C12H16N2O2/c15-11-4-1-9(2-5-11)7-13-8-10-3-6-12(16)14-10/h1-2,4-5,10,13,15H,3,6-8H2,(H,14,16). The van der Waals surface area contributed by atoms with Crippen molar-refractivity contribution in [1.82, 2.24) is 10.6 Å². The first kappa shape index (κ1) is 11.0. The molecule has 0 aromatic heterocycles. The molecule has 0 aliphatic carbocycles. The van der Waals surface area contributed by atoms with E-state index in [0.717, 1.165) is 25.1 Å². The van der Waals surface area contributed by atoms with Gasteiger partial charge in [0.25, 0.3) is 0 Å². The lowest BCUT2D eigenvalue weighted by atomic mass is 10.2. The third-order valence-corrected chi connectivity index (χ3v) is 2.74. The number of phenolic OH excluding ortho intramolecular Hbond substituents is 1. The Morgan fingerprint density at radius 1 is 1.38 bits per heavy atom. The highest BCUT2D eigenvalue weighted by Gasteiger charge is 2.19. The van der Waals surface area contributed by atoms with Crippen LogP contribution in [0.1, 0.15) is 18.4 Å². The molecule has 0 spiro atoms. The molecule has 0 saturated carbocycles. The number of phenols is 1. The van der Waals surface area contributed by atoms with Gasteiger partial charge in [0.2, 0.25) is 5.91 Å². The van der Waals surface area contributed by atoms with Gasteiger partial charge in [-0.3, -0.25) is 4.79 Å². The Labute approximate surface area is 94.7 Å². The second-order valence-corrected chi connectivity index (χ2v) is 4.10. The largest absolute Gasteiger partial charge is 0.508 e. The number of amides is 1. The monoisotopic (exact) mass is 220 g/mol. The number of carbonyl (C=O) groups is 1. The maximum atomic E-state index is 11.0. The van der Waals surface area contributed by atoms with Gasteiger partial charge in [0.15, 0.2) is 0 Å². The Balaban J connectivity index is 1.72. The van der Waals surface area contributed by atoms with E-state index in [1.54, 1.807) is 12.1 Å². The second-order valence-electron chi connectivity index (χ2n) is 4.10. The Hall–Kier alpha value is -1.55. The molecule has 0 radical (unpaired) electrons. The van der Waals surface area contributed by atoms with Crippen LogP contribution in [0.3, 0.4) is 0 Å². The Morgan fingerprint density at radius 3 is 2.75 bits per heavy atom. The second kappa shape index (κ2) is 4.99. The van der Waals surface area contributed by atoms with E-state index < -0.39 is 0 Å². The molecule has 1 unspecified atom stereocenters. The van der Waals surface area contributed by atoms with Crippen LogP contribution < -0.4 is 10.6 Å². The van der Waals surface area contributed by atoms with Gasteiger partial charge >= 0.3 is 0 Å². The summed E-state index contributed by atoms with van der Waals surface area (Å²) in [6, 6.07) is 7.39. The molecule has 4 heteroatoms. The van der Waals surface area contributed by atoms with Gasteiger partial charge in [-0.1, -0.05) is 12.1 Å². The molecule has 1 amide bonds. The van der Waals surface area contributed by atoms with Crippen molar-refractivity contribution in [3.05, 3.63) is 29.8 Å². The van der Waals surface area contributed by atoms with Crippen LogP contribution in [0.15, 0.2) is 24.3 Å². The predicted octanol–water partition coefficient (Wildman–Crippen LogP) is 0.760. The molecule has 3 N–H and O–H groups in total. The average Bonchev–Trinajstić information content (AvgIpc) is 2.67. The fourth-order valence-electron chi connectivity index (χ4n) is 1.83. The molecule has 2 rings (SSSR count). The van der Waals surface area contributed by atoms with E-state index in [1.807, 2.05) is 12.1 Å². The molecule has 0 bridgehead atoms. The van der Waals surface area contributed by atoms with Gasteiger partial charge in [-0.05, 0) is 24.1 Å². The third-order valence-electron chi connectivity index (χ3n) is 2.74. The first-order chi connectivity index (χ1) is 7.74. The van der Waals surface area contributed by atoms with E-state index in [9.17, 15) is 4.79 Å². The van der Waals surface area contributed by atoms with Crippen LogP contribution >= 0.6 is 0 Å². The van der Waals surface area contributed by atoms with Gasteiger partial charge in [-0.2, -0.15) is 0 Å². The molecule has 1 aliphatic rings. The summed E-state index contributed by atoms with van der Waals surface area (Å²) in [4.78, 5) is 11.0. The van der Waals surface area contributed by atoms with Gasteiger partial charge in [-0.25, -0.2) is 0 Å². The van der Waals surface area contributed by atoms with E-state index >= 15 is 0 Å². The molecular weight excluding hydrogens is 204 g/mol. The molecule has 1 atom stereocenters. The summed E-state index contributed by atoms with van der Waals surface area (Å²) in [6.45, 7) is 1.55. The van der Waals surface area contributed by atoms with Crippen LogP contribution in [0.25, 0.3) is 0 Å². The zero-order valence-electron chi connectivity index (χ0n) is 9.07. The van der Waals surface area contributed by atoms with E-state index in [-0.39, 0.29) is 17.7 Å². The summed E-state index contributed by atoms with van der Waals surface area (Å²) in [5, 5.41) is 15.3. The Morgan fingerprint density at radius 2 is 2.12 bits per heavy atom. The van der Waals surface area contributed by atoms with E-state index in [2.05, 4.69) is 10.6 Å². The van der Waals surface area contributed by atoms with Crippen LogP contribution in [0.4, 0.5) is 0 Å². The zero-order chi connectivity index (χ0) is 11.4. The van der Waals surface area contributed by atoms with Crippen LogP contribution in [-0.2, 0) is 11.3 Å². The quantitative estimate of drug-likeness (QED) is 0.702. The van der Waals surface area contributed by atoms with Crippen LogP contribution in [0, 0.1) is 0 Å². The van der Waals surface area contributed by atoms with Crippen molar-refractivity contribution in [2.75, 3.05) is 6.54 Å². The minimum atomic E-state index is 0.149. The van der Waals surface area contributed by atoms with Crippen molar-refractivity contribution in [3.8, 4) is 5.75 Å². The van der Waals surface area contributed by atoms with Gasteiger partial charge in [0.1, 0.15) is 5.75 Å². The lowest BCUT2D eigenvalue weighted by Crippen LogP contribution is -2.35. The summed E-state index contributed by atoms with van der Waals surface area (Å²) in [6.07, 6.45) is 1.56. The summed E-state index contributed by atoms with van der Waals surface area (Å²) in [7, 11) is 0. The molecular formula is C12H16N2O2. The van der Waals surface area contributed by atoms with E-state index in [4.69, 9.17) is 5.11 Å². The third kappa shape index (κ3) is 2.97. The molecule has 1 fully saturated rings. The first-order valence-corrected chi connectivity index (χ1v) is 5.52. The molecule has 1 aromatic rings. The number of hydrogen-bond acceptors (Lipinski definition) is 3. The van der Waals surface area contributed by atoms with Crippen molar-refractivity contribution < 1.29 is 9.90 Å². The lowest BCUT2D eigenvalue weighted by molar-refractivity contribution is -0.119. The minimum Gasteiger partial charge on any atom is -0.508 e. The molecule has 1 saturated heterocycles. The highest BCUT2D eigenvalue weighted by molar-refractivity contribution is 5.78. The number of aromatic hydroxyl groups is 1. The van der Waals surface area contributed by atoms with Gasteiger partial charge in [-0.15, -0.1) is 0 Å². The summed E-state index contributed by atoms with van der Waals surface area (Å²) < 4.78 is 0. The summed E-state index contributed by atoms with van der Waals surface area (Å²) in [5.74, 6) is 0.434. The Kier molecular flexibility index (Phi) is 3.41. The minimum absolute atomic E-state index is 0.149. The summed E-state index contributed by atoms with van der Waals surface area (Å²) in [5.41, 5.74) is 1.13. The molecule has 1 heterocycles. The first-order valence-electron chi connectivity index (χ1n) is 5.52. The number of hydrogen-bond donors (Lipinski definition) is 3. The number of benzene rings is 1.